The fraction of sp³-hybridized carbons (Fsp3) is 0.333. The second kappa shape index (κ2) is 12.7. The van der Waals surface area contributed by atoms with E-state index in [1.54, 1.807) is 30.3 Å². The lowest BCUT2D eigenvalue weighted by Gasteiger charge is -2.39. The van der Waals surface area contributed by atoms with Gasteiger partial charge in [0.05, 0.1) is 11.4 Å². The van der Waals surface area contributed by atoms with Crippen LogP contribution in [0.15, 0.2) is 48.4 Å². The van der Waals surface area contributed by atoms with Gasteiger partial charge in [-0.1, -0.05) is 6.58 Å². The average molecular weight is 722 g/mol. The van der Waals surface area contributed by atoms with Gasteiger partial charge in [-0.05, 0) is 62.6 Å². The number of thiophene rings is 2. The number of anilines is 2. The van der Waals surface area contributed by atoms with E-state index in [0.29, 0.717) is 64.6 Å². The van der Waals surface area contributed by atoms with Crippen LogP contribution in [-0.4, -0.2) is 80.2 Å². The average Bonchev–Trinajstić information content (AvgIpc) is 3.54. The normalized spacial score (nSPS) is 22.8. The smallest absolute Gasteiger partial charge is 0.263 e. The van der Waals surface area contributed by atoms with Crippen molar-refractivity contribution in [1.29, 1.82) is 0 Å². The zero-order chi connectivity index (χ0) is 34.6. The molecule has 7 rings (SSSR count). The van der Waals surface area contributed by atoms with E-state index < -0.39 is 34.1 Å². The molecule has 0 aliphatic carbocycles. The first kappa shape index (κ1) is 33.0. The van der Waals surface area contributed by atoms with Gasteiger partial charge in [-0.3, -0.25) is 19.2 Å². The van der Waals surface area contributed by atoms with Crippen LogP contribution in [0, 0.1) is 0 Å². The molecule has 1 fully saturated rings. The van der Waals surface area contributed by atoms with Crippen LogP contribution in [0.1, 0.15) is 66.2 Å². The number of carbonyl (C=O) groups is 4. The minimum Gasteiger partial charge on any atom is -0.381 e. The number of piperidine rings is 1. The van der Waals surface area contributed by atoms with Crippen molar-refractivity contribution in [2.75, 3.05) is 30.3 Å². The molecule has 13 nitrogen and oxygen atoms in total. The van der Waals surface area contributed by atoms with Crippen molar-refractivity contribution in [3.05, 3.63) is 69.3 Å². The Kier molecular flexibility index (Phi) is 8.59. The topological polar surface area (TPSA) is 192 Å². The lowest BCUT2D eigenvalue weighted by atomic mass is 9.95. The van der Waals surface area contributed by atoms with Gasteiger partial charge in [0.25, 0.3) is 17.7 Å². The summed E-state index contributed by atoms with van der Waals surface area (Å²) >= 11 is 2.67. The lowest BCUT2D eigenvalue weighted by molar-refractivity contribution is 0.0891. The van der Waals surface area contributed by atoms with Crippen molar-refractivity contribution >= 4 is 87.9 Å². The van der Waals surface area contributed by atoms with Crippen LogP contribution in [0.3, 0.4) is 0 Å². The van der Waals surface area contributed by atoms with Crippen LogP contribution < -0.4 is 32.3 Å². The molecule has 1 saturated heterocycles. The summed E-state index contributed by atoms with van der Waals surface area (Å²) in [5.74, 6) is -1.34. The van der Waals surface area contributed by atoms with Gasteiger partial charge in [-0.25, -0.2) is 8.42 Å². The summed E-state index contributed by atoms with van der Waals surface area (Å²) in [6, 6.07) is 9.01. The molecule has 4 atom stereocenters. The largest absolute Gasteiger partial charge is 0.381 e. The number of hydrogen-bond acceptors (Lipinski definition) is 10. The maximum absolute atomic E-state index is 13.5. The monoisotopic (exact) mass is 721 g/mol. The Labute approximate surface area is 290 Å². The van der Waals surface area contributed by atoms with Crippen molar-refractivity contribution in [3.63, 3.8) is 0 Å². The summed E-state index contributed by atoms with van der Waals surface area (Å²) in [5.41, 5.74) is 7.55. The number of nitrogens with zero attached hydrogens (tertiary/aromatic N) is 1. The lowest BCUT2D eigenvalue weighted by Crippen LogP contribution is -2.55. The molecule has 1 unspecified atom stereocenters. The molecule has 0 spiro atoms. The predicted octanol–water partition coefficient (Wildman–Crippen LogP) is 3.41. The Morgan fingerprint density at radius 2 is 1.57 bits per heavy atom. The van der Waals surface area contributed by atoms with Crippen molar-refractivity contribution in [1.82, 2.24) is 20.3 Å². The maximum atomic E-state index is 13.5. The summed E-state index contributed by atoms with van der Waals surface area (Å²) in [6.07, 6.45) is 1.31. The molecule has 4 amide bonds. The molecular weight excluding hydrogens is 687 g/mol. The molecule has 16 heteroatoms. The number of benzene rings is 2. The van der Waals surface area contributed by atoms with E-state index in [1.165, 1.54) is 27.0 Å². The number of carbonyl (C=O) groups excluding carboxylic acids is 4. The van der Waals surface area contributed by atoms with Gasteiger partial charge in [0.15, 0.2) is 0 Å². The van der Waals surface area contributed by atoms with E-state index in [2.05, 4.69) is 33.2 Å². The van der Waals surface area contributed by atoms with Crippen LogP contribution in [0.5, 0.6) is 0 Å². The van der Waals surface area contributed by atoms with Gasteiger partial charge < -0.3 is 32.3 Å². The van der Waals surface area contributed by atoms with E-state index in [4.69, 9.17) is 5.73 Å². The summed E-state index contributed by atoms with van der Waals surface area (Å²) in [6.45, 7) is 6.39. The van der Waals surface area contributed by atoms with Crippen LogP contribution >= 0.6 is 22.7 Å². The maximum Gasteiger partial charge on any atom is 0.263 e. The molecule has 0 bridgehead atoms. The van der Waals surface area contributed by atoms with Crippen molar-refractivity contribution in [2.24, 2.45) is 5.73 Å². The van der Waals surface area contributed by atoms with E-state index in [0.717, 1.165) is 25.6 Å². The quantitative estimate of drug-likeness (QED) is 0.167. The third-order valence-electron chi connectivity index (χ3n) is 9.24. The summed E-state index contributed by atoms with van der Waals surface area (Å²) in [7, 11) is -3.88. The zero-order valence-electron chi connectivity index (χ0n) is 26.5. The highest BCUT2D eigenvalue weighted by Crippen LogP contribution is 2.39. The molecule has 0 saturated carbocycles. The van der Waals surface area contributed by atoms with Crippen LogP contribution in [0.25, 0.3) is 20.2 Å². The van der Waals surface area contributed by atoms with E-state index in [1.807, 2.05) is 13.0 Å². The minimum absolute atomic E-state index is 0.0411. The highest BCUT2D eigenvalue weighted by molar-refractivity contribution is 7.92. The summed E-state index contributed by atoms with van der Waals surface area (Å²) in [5, 5.41) is 18.1. The van der Waals surface area contributed by atoms with Gasteiger partial charge in [0, 0.05) is 80.5 Å². The number of amides is 4. The number of fused-ring (bicyclic) bond motifs is 6. The molecule has 3 aliphatic heterocycles. The number of primary amides is 1. The summed E-state index contributed by atoms with van der Waals surface area (Å²) < 4.78 is 29.6. The van der Waals surface area contributed by atoms with E-state index in [-0.39, 0.29) is 30.3 Å². The highest BCUT2D eigenvalue weighted by Gasteiger charge is 2.38. The molecular formula is C33H35N7O6S3. The zero-order valence-corrected chi connectivity index (χ0v) is 28.9. The second-order valence-corrected chi connectivity index (χ2v) is 16.6. The molecule has 4 aromatic rings. The van der Waals surface area contributed by atoms with Gasteiger partial charge in [0.1, 0.15) is 9.75 Å². The Morgan fingerprint density at radius 1 is 0.959 bits per heavy atom. The second-order valence-electron chi connectivity index (χ2n) is 12.6. The number of hydrogen-bond donors (Lipinski definition) is 6. The third-order valence-corrected chi connectivity index (χ3v) is 13.1. The van der Waals surface area contributed by atoms with Crippen LogP contribution in [0.4, 0.5) is 11.4 Å². The minimum atomic E-state index is -3.88. The Balaban J connectivity index is 1.05. The molecule has 3 aliphatic rings. The first-order chi connectivity index (χ1) is 23.4. The van der Waals surface area contributed by atoms with Gasteiger partial charge >= 0.3 is 0 Å². The van der Waals surface area contributed by atoms with Gasteiger partial charge in [-0.2, -0.15) is 4.31 Å². The molecule has 2 aromatic carbocycles. The van der Waals surface area contributed by atoms with Crippen LogP contribution in [0.2, 0.25) is 0 Å². The first-order valence-electron chi connectivity index (χ1n) is 15.9. The Morgan fingerprint density at radius 3 is 2.22 bits per heavy atom. The number of nitrogens with two attached hydrogens (primary N) is 1. The Hall–Kier alpha value is -4.51. The number of rotatable bonds is 7. The van der Waals surface area contributed by atoms with Crippen LogP contribution in [-0.2, 0) is 10.0 Å². The number of sulfonamides is 1. The molecule has 0 radical (unpaired) electrons. The van der Waals surface area contributed by atoms with Crippen molar-refractivity contribution < 1.29 is 27.6 Å². The number of nitrogens with one attached hydrogen (secondary N) is 5. The fourth-order valence-corrected chi connectivity index (χ4v) is 10.1. The first-order valence-corrected chi connectivity index (χ1v) is 19.0. The SMILES string of the molecule is C=CS(=O)(=O)N1C[C@@H](NC(=O)c2ccc3sc4c(c3c2)NC[C@@H](C)NC4=O)CCC1C[C@@H]1CNc2c(sc3ccc(C(N)=O)cc23)C(=O)N1. The fourth-order valence-electron chi connectivity index (χ4n) is 6.78. The van der Waals surface area contributed by atoms with E-state index in [9.17, 15) is 27.6 Å². The standard InChI is InChI=1S/C33H35N7O6S3/c1-3-49(45,46)40-15-19(38-31(42)18-5-9-25-23(11-18)26-28(47-25)32(43)37-16(2)13-35-26)6-7-21(40)12-20-14-36-27-22-10-17(30(34)41)4-8-24(22)48-29(27)33(44)39-20/h3-5,8-11,16,19-21,35-36H,1,6-7,12-15H2,2H3,(H2,34,41)(H,37,43)(H,38,42)(H,39,44)/t16-,19+,20-,21?/m1/s1. The summed E-state index contributed by atoms with van der Waals surface area (Å²) in [4.78, 5) is 52.3. The molecule has 2 aromatic heterocycles. The van der Waals surface area contributed by atoms with Crippen molar-refractivity contribution in [3.8, 4) is 0 Å². The molecule has 256 valence electrons. The molecule has 7 N–H and O–H groups in total. The van der Waals surface area contributed by atoms with Gasteiger partial charge in [-0.15, -0.1) is 22.7 Å². The molecule has 49 heavy (non-hydrogen) atoms. The third kappa shape index (κ3) is 6.24. The van der Waals surface area contributed by atoms with Gasteiger partial charge in [0.2, 0.25) is 15.9 Å². The molecule has 5 heterocycles. The van der Waals surface area contributed by atoms with Crippen molar-refractivity contribution in [2.45, 2.75) is 50.4 Å². The van der Waals surface area contributed by atoms with E-state index >= 15 is 0 Å². The predicted molar refractivity (Wildman–Crippen MR) is 192 cm³/mol. The highest BCUT2D eigenvalue weighted by atomic mass is 32.2. The Bertz CT molecular complexity index is 2160.